The lowest BCUT2D eigenvalue weighted by Gasteiger charge is -2.35. The molecule has 2 heterocycles. The van der Waals surface area contributed by atoms with E-state index in [9.17, 15) is 9.59 Å². The average molecular weight is 340 g/mol. The highest BCUT2D eigenvalue weighted by Gasteiger charge is 2.33. The number of benzene rings is 1. The molecular weight excluding hydrogens is 318 g/mol. The molecule has 0 saturated carbocycles. The highest BCUT2D eigenvalue weighted by Crippen LogP contribution is 2.33. The van der Waals surface area contributed by atoms with Crippen LogP contribution in [0.4, 0.5) is 5.69 Å². The van der Waals surface area contributed by atoms with Crippen molar-refractivity contribution < 1.29 is 14.3 Å². The van der Waals surface area contributed by atoms with Gasteiger partial charge in [-0.15, -0.1) is 12.4 Å². The van der Waals surface area contributed by atoms with Crippen molar-refractivity contribution in [1.82, 2.24) is 4.90 Å². The Morgan fingerprint density at radius 1 is 1.30 bits per heavy atom. The van der Waals surface area contributed by atoms with E-state index in [1.807, 2.05) is 18.2 Å². The van der Waals surface area contributed by atoms with E-state index in [2.05, 4.69) is 0 Å². The van der Waals surface area contributed by atoms with Gasteiger partial charge in [-0.3, -0.25) is 14.5 Å². The minimum Gasteiger partial charge on any atom is -0.479 e. The smallest absolute Gasteiger partial charge is 0.268 e. The Hall–Kier alpha value is -1.79. The molecule has 2 N–H and O–H groups in total. The van der Waals surface area contributed by atoms with Crippen molar-refractivity contribution in [3.63, 3.8) is 0 Å². The number of ether oxygens (including phenoxy) is 1. The molecule has 0 spiro atoms. The summed E-state index contributed by atoms with van der Waals surface area (Å²) in [6.45, 7) is 3.08. The van der Waals surface area contributed by atoms with Crippen LogP contribution in [-0.4, -0.2) is 48.5 Å². The number of rotatable bonds is 2. The van der Waals surface area contributed by atoms with E-state index < -0.39 is 6.10 Å². The van der Waals surface area contributed by atoms with Crippen LogP contribution in [0.3, 0.4) is 0 Å². The molecule has 2 aliphatic rings. The number of nitrogens with two attached hydrogens (primary N) is 1. The first-order chi connectivity index (χ1) is 10.6. The van der Waals surface area contributed by atoms with Gasteiger partial charge in [-0.05, 0) is 31.9 Å². The average Bonchev–Trinajstić information content (AvgIpc) is 2.52. The third-order valence-corrected chi connectivity index (χ3v) is 4.26. The fourth-order valence-corrected chi connectivity index (χ4v) is 2.91. The number of hydrogen-bond donors (Lipinski definition) is 1. The second-order valence-electron chi connectivity index (χ2n) is 5.87. The van der Waals surface area contributed by atoms with Crippen molar-refractivity contribution in [2.45, 2.75) is 31.9 Å². The number of carbonyl (C=O) groups excluding carboxylic acids is 2. The van der Waals surface area contributed by atoms with Gasteiger partial charge in [0.1, 0.15) is 12.3 Å². The normalized spacial score (nSPS) is 21.3. The van der Waals surface area contributed by atoms with Gasteiger partial charge in [0.2, 0.25) is 5.91 Å². The van der Waals surface area contributed by atoms with Gasteiger partial charge >= 0.3 is 0 Å². The Morgan fingerprint density at radius 2 is 1.96 bits per heavy atom. The first-order valence-electron chi connectivity index (χ1n) is 7.66. The summed E-state index contributed by atoms with van der Waals surface area (Å²) < 4.78 is 5.58. The summed E-state index contributed by atoms with van der Waals surface area (Å²) in [4.78, 5) is 28.2. The van der Waals surface area contributed by atoms with Crippen LogP contribution in [0.25, 0.3) is 0 Å². The van der Waals surface area contributed by atoms with Gasteiger partial charge in [0.05, 0.1) is 5.69 Å². The molecule has 1 atom stereocenters. The lowest BCUT2D eigenvalue weighted by Crippen LogP contribution is -2.51. The van der Waals surface area contributed by atoms with E-state index in [1.165, 1.54) is 4.90 Å². The number of fused-ring (bicyclic) bond motifs is 1. The lowest BCUT2D eigenvalue weighted by molar-refractivity contribution is -0.133. The Labute approximate surface area is 142 Å². The van der Waals surface area contributed by atoms with Crippen LogP contribution in [0, 0.1) is 0 Å². The van der Waals surface area contributed by atoms with Crippen LogP contribution in [-0.2, 0) is 9.59 Å². The Kier molecular flexibility index (Phi) is 5.49. The summed E-state index contributed by atoms with van der Waals surface area (Å²) in [7, 11) is 0. The minimum absolute atomic E-state index is 0. The first-order valence-corrected chi connectivity index (χ1v) is 7.66. The molecule has 1 saturated heterocycles. The predicted molar refractivity (Wildman–Crippen MR) is 89.9 cm³/mol. The van der Waals surface area contributed by atoms with E-state index in [1.54, 1.807) is 17.9 Å². The Morgan fingerprint density at radius 3 is 2.65 bits per heavy atom. The molecule has 1 unspecified atom stereocenters. The van der Waals surface area contributed by atoms with Crippen LogP contribution >= 0.6 is 12.4 Å². The van der Waals surface area contributed by atoms with E-state index in [4.69, 9.17) is 10.5 Å². The molecule has 0 bridgehead atoms. The van der Waals surface area contributed by atoms with Gasteiger partial charge in [0, 0.05) is 19.1 Å². The molecule has 1 aromatic rings. The summed E-state index contributed by atoms with van der Waals surface area (Å²) in [5, 5.41) is 0. The molecule has 2 amide bonds. The monoisotopic (exact) mass is 339 g/mol. The largest absolute Gasteiger partial charge is 0.479 e. The molecule has 0 aliphatic carbocycles. The highest BCUT2D eigenvalue weighted by molar-refractivity contribution is 6.03. The number of hydrogen-bond acceptors (Lipinski definition) is 4. The third kappa shape index (κ3) is 3.59. The van der Waals surface area contributed by atoms with Crippen molar-refractivity contribution >= 4 is 29.9 Å². The number of anilines is 1. The molecule has 6 nitrogen and oxygen atoms in total. The molecule has 1 aromatic carbocycles. The predicted octanol–water partition coefficient (Wildman–Crippen LogP) is 1.17. The third-order valence-electron chi connectivity index (χ3n) is 4.26. The minimum atomic E-state index is -0.572. The zero-order valence-corrected chi connectivity index (χ0v) is 13.9. The number of amides is 2. The number of carbonyl (C=O) groups is 2. The van der Waals surface area contributed by atoms with Crippen molar-refractivity contribution in [2.75, 3.05) is 24.5 Å². The summed E-state index contributed by atoms with van der Waals surface area (Å²) >= 11 is 0. The molecule has 0 aromatic heterocycles. The quantitative estimate of drug-likeness (QED) is 0.877. The fraction of sp³-hybridized carbons (Fsp3) is 0.500. The van der Waals surface area contributed by atoms with Crippen LogP contribution in [0.15, 0.2) is 24.3 Å². The molecule has 23 heavy (non-hydrogen) atoms. The maximum atomic E-state index is 12.5. The van der Waals surface area contributed by atoms with Crippen molar-refractivity contribution in [2.24, 2.45) is 5.73 Å². The van der Waals surface area contributed by atoms with Crippen LogP contribution in [0.2, 0.25) is 0 Å². The molecule has 3 rings (SSSR count). The Balaban J connectivity index is 0.00000192. The van der Waals surface area contributed by atoms with Crippen molar-refractivity contribution in [3.8, 4) is 5.75 Å². The standard InChI is InChI=1S/C16H21N3O3.ClH/c1-11-16(21)19(13-4-2-3-5-14(13)22-11)10-15(20)18-8-6-12(17)7-9-18;/h2-5,11-12H,6-10,17H2,1H3;1H. The van der Waals surface area contributed by atoms with Crippen molar-refractivity contribution in [1.29, 1.82) is 0 Å². The molecular formula is C16H22ClN3O3. The summed E-state index contributed by atoms with van der Waals surface area (Å²) in [6, 6.07) is 7.49. The summed E-state index contributed by atoms with van der Waals surface area (Å²) in [6.07, 6.45) is 1.06. The van der Waals surface area contributed by atoms with Crippen LogP contribution in [0.1, 0.15) is 19.8 Å². The van der Waals surface area contributed by atoms with Gasteiger partial charge in [0.25, 0.3) is 5.91 Å². The number of para-hydroxylation sites is 2. The van der Waals surface area contributed by atoms with Crippen LogP contribution < -0.4 is 15.4 Å². The lowest BCUT2D eigenvalue weighted by atomic mass is 10.1. The zero-order chi connectivity index (χ0) is 15.7. The Bertz CT molecular complexity index is 588. The van der Waals surface area contributed by atoms with E-state index >= 15 is 0 Å². The molecule has 1 fully saturated rings. The molecule has 2 aliphatic heterocycles. The van der Waals surface area contributed by atoms with Gasteiger partial charge < -0.3 is 15.4 Å². The fourth-order valence-electron chi connectivity index (χ4n) is 2.91. The second-order valence-corrected chi connectivity index (χ2v) is 5.87. The van der Waals surface area contributed by atoms with Crippen molar-refractivity contribution in [3.05, 3.63) is 24.3 Å². The van der Waals surface area contributed by atoms with Gasteiger partial charge in [-0.25, -0.2) is 0 Å². The molecule has 126 valence electrons. The van der Waals surface area contributed by atoms with Crippen LogP contribution in [0.5, 0.6) is 5.75 Å². The first kappa shape index (κ1) is 17.6. The summed E-state index contributed by atoms with van der Waals surface area (Å²) in [5.41, 5.74) is 6.53. The maximum absolute atomic E-state index is 12.5. The van der Waals surface area contributed by atoms with E-state index in [0.29, 0.717) is 24.5 Å². The summed E-state index contributed by atoms with van der Waals surface area (Å²) in [5.74, 6) is 0.424. The maximum Gasteiger partial charge on any atom is 0.268 e. The number of likely N-dealkylation sites (tertiary alicyclic amines) is 1. The van der Waals surface area contributed by atoms with E-state index in [0.717, 1.165) is 12.8 Å². The number of nitrogens with zero attached hydrogens (tertiary/aromatic N) is 2. The number of halogens is 1. The topological polar surface area (TPSA) is 75.9 Å². The SMILES string of the molecule is CC1Oc2ccccc2N(CC(=O)N2CCC(N)CC2)C1=O.Cl. The van der Waals surface area contributed by atoms with Gasteiger partial charge in [-0.1, -0.05) is 12.1 Å². The zero-order valence-electron chi connectivity index (χ0n) is 13.1. The highest BCUT2D eigenvalue weighted by atomic mass is 35.5. The van der Waals surface area contributed by atoms with Gasteiger partial charge in [-0.2, -0.15) is 0 Å². The number of piperidine rings is 1. The molecule has 7 heteroatoms. The van der Waals surface area contributed by atoms with Gasteiger partial charge in [0.15, 0.2) is 6.10 Å². The second kappa shape index (κ2) is 7.19. The van der Waals surface area contributed by atoms with E-state index in [-0.39, 0.29) is 36.8 Å². The molecule has 0 radical (unpaired) electrons.